The number of nitrogens with zero attached hydrogens (tertiary/aromatic N) is 1. The van der Waals surface area contributed by atoms with Crippen LogP contribution in [0.5, 0.6) is 0 Å². The van der Waals surface area contributed by atoms with Gasteiger partial charge in [0.15, 0.2) is 0 Å². The van der Waals surface area contributed by atoms with Crippen molar-refractivity contribution < 1.29 is 0 Å². The first kappa shape index (κ1) is 31.1. The van der Waals surface area contributed by atoms with Gasteiger partial charge in [-0.25, -0.2) is 0 Å². The van der Waals surface area contributed by atoms with Crippen molar-refractivity contribution in [2.24, 2.45) is 0 Å². The first-order valence-corrected chi connectivity index (χ1v) is 15.6. The maximum absolute atomic E-state index is 2.66. The molecule has 1 aromatic rings. The summed E-state index contributed by atoms with van der Waals surface area (Å²) in [5, 5.41) is 0. The molecule has 0 spiro atoms. The fourth-order valence-electron chi connectivity index (χ4n) is 5.06. The summed E-state index contributed by atoms with van der Waals surface area (Å²) in [4.78, 5) is 2.66. The van der Waals surface area contributed by atoms with Crippen LogP contribution in [0, 0.1) is 6.92 Å². The lowest BCUT2D eigenvalue weighted by Crippen LogP contribution is -2.25. The third-order valence-electron chi connectivity index (χ3n) is 7.46. The molecule has 0 atom stereocenters. The first-order chi connectivity index (χ1) is 16.8. The van der Waals surface area contributed by atoms with E-state index in [0.29, 0.717) is 0 Å². The third-order valence-corrected chi connectivity index (χ3v) is 7.46. The highest BCUT2D eigenvalue weighted by Gasteiger charge is 2.06. The summed E-state index contributed by atoms with van der Waals surface area (Å²) in [5.41, 5.74) is 2.80. The second-order valence-electron chi connectivity index (χ2n) is 10.9. The summed E-state index contributed by atoms with van der Waals surface area (Å²) in [6.07, 6.45) is 31.4. The average molecular weight is 472 g/mol. The number of benzene rings is 1. The summed E-state index contributed by atoms with van der Waals surface area (Å²) in [6.45, 7) is 9.27. The Labute approximate surface area is 215 Å². The van der Waals surface area contributed by atoms with Crippen molar-refractivity contribution in [1.29, 1.82) is 0 Å². The Morgan fingerprint density at radius 1 is 0.412 bits per heavy atom. The van der Waals surface area contributed by atoms with E-state index in [1.54, 1.807) is 0 Å². The lowest BCUT2D eigenvalue weighted by molar-refractivity contribution is 0.532. The predicted molar refractivity (Wildman–Crippen MR) is 156 cm³/mol. The molecule has 198 valence electrons. The van der Waals surface area contributed by atoms with Gasteiger partial charge in [-0.3, -0.25) is 0 Å². The number of anilines is 1. The van der Waals surface area contributed by atoms with Gasteiger partial charge in [-0.05, 0) is 31.9 Å². The highest BCUT2D eigenvalue weighted by molar-refractivity contribution is 5.47. The highest BCUT2D eigenvalue weighted by Crippen LogP contribution is 2.19. The van der Waals surface area contributed by atoms with Gasteiger partial charge in [0.1, 0.15) is 0 Å². The Morgan fingerprint density at radius 3 is 1.03 bits per heavy atom. The molecular formula is C33H61N. The molecule has 1 nitrogen and oxygen atoms in total. The van der Waals surface area contributed by atoms with Crippen molar-refractivity contribution in [2.45, 2.75) is 162 Å². The fourth-order valence-corrected chi connectivity index (χ4v) is 5.06. The molecule has 1 rings (SSSR count). The van der Waals surface area contributed by atoms with Crippen molar-refractivity contribution in [1.82, 2.24) is 0 Å². The molecule has 0 saturated carbocycles. The summed E-state index contributed by atoms with van der Waals surface area (Å²) in [6, 6.07) is 9.23. The van der Waals surface area contributed by atoms with E-state index in [1.807, 2.05) is 0 Å². The predicted octanol–water partition coefficient (Wildman–Crippen LogP) is 11.4. The monoisotopic (exact) mass is 471 g/mol. The molecule has 1 aromatic carbocycles. The Bertz CT molecular complexity index is 520. The minimum Gasteiger partial charge on any atom is -0.372 e. The molecule has 0 unspecified atom stereocenters. The molecule has 0 heterocycles. The molecule has 0 saturated heterocycles. The number of hydrogen-bond acceptors (Lipinski definition) is 1. The second-order valence-corrected chi connectivity index (χ2v) is 10.9. The topological polar surface area (TPSA) is 3.24 Å². The van der Waals surface area contributed by atoms with E-state index in [0.717, 1.165) is 0 Å². The van der Waals surface area contributed by atoms with Crippen LogP contribution in [-0.2, 0) is 0 Å². The molecule has 0 N–H and O–H groups in total. The van der Waals surface area contributed by atoms with Crippen molar-refractivity contribution >= 4 is 5.69 Å². The SMILES string of the molecule is CCCCCCCCCCCCCCCCN(CCCCCCCCCC)c1ccc(C)cc1. The number of hydrogen-bond donors (Lipinski definition) is 0. The molecule has 34 heavy (non-hydrogen) atoms. The number of aryl methyl sites for hydroxylation is 1. The Balaban J connectivity index is 2.09. The molecule has 0 aliphatic rings. The van der Waals surface area contributed by atoms with Crippen LogP contribution in [0.2, 0.25) is 0 Å². The van der Waals surface area contributed by atoms with E-state index in [-0.39, 0.29) is 0 Å². The van der Waals surface area contributed by atoms with Gasteiger partial charge in [-0.2, -0.15) is 0 Å². The van der Waals surface area contributed by atoms with E-state index < -0.39 is 0 Å². The molecule has 0 aliphatic heterocycles. The Kier molecular flexibility index (Phi) is 21.7. The average Bonchev–Trinajstić information content (AvgIpc) is 2.85. The van der Waals surface area contributed by atoms with Gasteiger partial charge in [0.25, 0.3) is 0 Å². The number of rotatable bonds is 25. The van der Waals surface area contributed by atoms with E-state index in [9.17, 15) is 0 Å². The largest absolute Gasteiger partial charge is 0.372 e. The smallest absolute Gasteiger partial charge is 0.0366 e. The van der Waals surface area contributed by atoms with Gasteiger partial charge in [-0.15, -0.1) is 0 Å². The minimum atomic E-state index is 1.23. The van der Waals surface area contributed by atoms with E-state index >= 15 is 0 Å². The van der Waals surface area contributed by atoms with Crippen LogP contribution in [0.15, 0.2) is 24.3 Å². The van der Waals surface area contributed by atoms with Crippen molar-refractivity contribution in [3.63, 3.8) is 0 Å². The van der Waals surface area contributed by atoms with Crippen LogP contribution >= 0.6 is 0 Å². The molecule has 0 bridgehead atoms. The molecule has 0 fully saturated rings. The molecule has 0 aliphatic carbocycles. The maximum atomic E-state index is 2.66. The lowest BCUT2D eigenvalue weighted by Gasteiger charge is -2.25. The van der Waals surface area contributed by atoms with Crippen LogP contribution in [0.3, 0.4) is 0 Å². The summed E-state index contributed by atoms with van der Waals surface area (Å²) in [5.74, 6) is 0. The minimum absolute atomic E-state index is 1.23. The lowest BCUT2D eigenvalue weighted by atomic mass is 10.0. The van der Waals surface area contributed by atoms with Gasteiger partial charge < -0.3 is 4.90 Å². The van der Waals surface area contributed by atoms with E-state index in [1.165, 1.54) is 166 Å². The summed E-state index contributed by atoms with van der Waals surface area (Å²) in [7, 11) is 0. The summed E-state index contributed by atoms with van der Waals surface area (Å²) >= 11 is 0. The first-order valence-electron chi connectivity index (χ1n) is 15.6. The second kappa shape index (κ2) is 23.7. The zero-order valence-corrected chi connectivity index (χ0v) is 23.7. The van der Waals surface area contributed by atoms with Gasteiger partial charge >= 0.3 is 0 Å². The van der Waals surface area contributed by atoms with E-state index in [2.05, 4.69) is 49.9 Å². The van der Waals surface area contributed by atoms with Crippen LogP contribution < -0.4 is 4.90 Å². The van der Waals surface area contributed by atoms with Crippen LogP contribution in [-0.4, -0.2) is 13.1 Å². The van der Waals surface area contributed by atoms with Gasteiger partial charge in [0, 0.05) is 18.8 Å². The van der Waals surface area contributed by atoms with E-state index in [4.69, 9.17) is 0 Å². The van der Waals surface area contributed by atoms with Gasteiger partial charge in [-0.1, -0.05) is 160 Å². The maximum Gasteiger partial charge on any atom is 0.0366 e. The molecule has 0 amide bonds. The fraction of sp³-hybridized carbons (Fsp3) is 0.818. The molecule has 0 radical (unpaired) electrons. The van der Waals surface area contributed by atoms with Crippen molar-refractivity contribution in [3.8, 4) is 0 Å². The standard InChI is InChI=1S/C33H61N/c1-4-6-8-10-12-14-15-16-17-18-19-21-23-25-31-34(33-28-26-32(3)27-29-33)30-24-22-20-13-11-9-7-5-2/h26-29H,4-25,30-31H2,1-3H3. The van der Waals surface area contributed by atoms with Crippen LogP contribution in [0.25, 0.3) is 0 Å². The normalized spacial score (nSPS) is 11.3. The summed E-state index contributed by atoms with van der Waals surface area (Å²) < 4.78 is 0. The quantitative estimate of drug-likeness (QED) is 0.128. The van der Waals surface area contributed by atoms with Gasteiger partial charge in [0.05, 0.1) is 0 Å². The highest BCUT2D eigenvalue weighted by atomic mass is 15.1. The van der Waals surface area contributed by atoms with Crippen molar-refractivity contribution in [2.75, 3.05) is 18.0 Å². The van der Waals surface area contributed by atoms with Crippen LogP contribution in [0.1, 0.15) is 161 Å². The molecule has 1 heteroatoms. The van der Waals surface area contributed by atoms with Crippen molar-refractivity contribution in [3.05, 3.63) is 29.8 Å². The zero-order chi connectivity index (χ0) is 24.5. The van der Waals surface area contributed by atoms with Crippen LogP contribution in [0.4, 0.5) is 5.69 Å². The third kappa shape index (κ3) is 18.4. The Morgan fingerprint density at radius 2 is 0.706 bits per heavy atom. The molecule has 0 aromatic heterocycles. The number of unbranched alkanes of at least 4 members (excludes halogenated alkanes) is 20. The Hall–Kier alpha value is -0.980. The zero-order valence-electron chi connectivity index (χ0n) is 23.7. The van der Waals surface area contributed by atoms with Gasteiger partial charge in [0.2, 0.25) is 0 Å². The molecular weight excluding hydrogens is 410 g/mol.